The van der Waals surface area contributed by atoms with Crippen molar-refractivity contribution in [3.63, 3.8) is 0 Å². The molecule has 0 aliphatic heterocycles. The molecule has 1 heterocycles. The van der Waals surface area contributed by atoms with Gasteiger partial charge in [-0.1, -0.05) is 37.7 Å². The molecular formula is C16H22N4O2S. The highest BCUT2D eigenvalue weighted by atomic mass is 32.2. The minimum Gasteiger partial charge on any atom is -0.351 e. The summed E-state index contributed by atoms with van der Waals surface area (Å²) >= 11 is 1.52. The second-order valence-electron chi connectivity index (χ2n) is 5.73. The van der Waals surface area contributed by atoms with Gasteiger partial charge in [0.1, 0.15) is 0 Å². The maximum atomic E-state index is 11.5. The van der Waals surface area contributed by atoms with Crippen molar-refractivity contribution in [1.82, 2.24) is 14.9 Å². The number of amides is 3. The Bertz CT molecular complexity index is 696. The number of hydrogen-bond acceptors (Lipinski definition) is 4. The monoisotopic (exact) mass is 334 g/mol. The molecule has 3 N–H and O–H groups in total. The van der Waals surface area contributed by atoms with Gasteiger partial charge in [0.15, 0.2) is 5.16 Å². The van der Waals surface area contributed by atoms with Crippen LogP contribution in [0.15, 0.2) is 29.4 Å². The average Bonchev–Trinajstić information content (AvgIpc) is 2.82. The van der Waals surface area contributed by atoms with Crippen molar-refractivity contribution in [2.24, 2.45) is 11.7 Å². The second-order valence-corrected chi connectivity index (χ2v) is 6.79. The van der Waals surface area contributed by atoms with E-state index >= 15 is 0 Å². The van der Waals surface area contributed by atoms with Crippen molar-refractivity contribution in [1.29, 1.82) is 0 Å². The SMILES string of the molecule is CC(C)CCn1c(SCCC(=O)NC(N)=O)nc2ccccc21. The number of thioether (sulfide) groups is 1. The number of carbonyl (C=O) groups excluding carboxylic acids is 2. The van der Waals surface area contributed by atoms with Gasteiger partial charge in [-0.25, -0.2) is 9.78 Å². The van der Waals surface area contributed by atoms with E-state index in [1.807, 2.05) is 18.2 Å². The van der Waals surface area contributed by atoms with E-state index in [4.69, 9.17) is 5.73 Å². The number of rotatable bonds is 7. The zero-order valence-electron chi connectivity index (χ0n) is 13.4. The number of aromatic nitrogens is 2. The van der Waals surface area contributed by atoms with Gasteiger partial charge in [-0.3, -0.25) is 10.1 Å². The van der Waals surface area contributed by atoms with Crippen LogP contribution in [0.3, 0.4) is 0 Å². The predicted octanol–water partition coefficient (Wildman–Crippen LogP) is 2.76. The summed E-state index contributed by atoms with van der Waals surface area (Å²) in [5.41, 5.74) is 6.99. The Hall–Kier alpha value is -2.02. The number of fused-ring (bicyclic) bond motifs is 1. The van der Waals surface area contributed by atoms with Gasteiger partial charge >= 0.3 is 6.03 Å². The van der Waals surface area contributed by atoms with Crippen LogP contribution in [0.2, 0.25) is 0 Å². The molecule has 0 unspecified atom stereocenters. The summed E-state index contributed by atoms with van der Waals surface area (Å²) in [4.78, 5) is 26.7. The maximum absolute atomic E-state index is 11.5. The molecule has 7 heteroatoms. The highest BCUT2D eigenvalue weighted by Gasteiger charge is 2.12. The largest absolute Gasteiger partial charge is 0.351 e. The molecule has 23 heavy (non-hydrogen) atoms. The molecule has 2 rings (SSSR count). The second kappa shape index (κ2) is 8.01. The summed E-state index contributed by atoms with van der Waals surface area (Å²) in [7, 11) is 0. The molecule has 124 valence electrons. The summed E-state index contributed by atoms with van der Waals surface area (Å²) in [6, 6.07) is 7.21. The summed E-state index contributed by atoms with van der Waals surface area (Å²) in [6.07, 6.45) is 1.29. The number of nitrogens with two attached hydrogens (primary N) is 1. The smallest absolute Gasteiger partial charge is 0.318 e. The molecule has 2 aromatic rings. The first-order valence-corrected chi connectivity index (χ1v) is 8.63. The van der Waals surface area contributed by atoms with Gasteiger partial charge in [-0.2, -0.15) is 0 Å². The number of para-hydroxylation sites is 2. The normalized spacial score (nSPS) is 11.1. The molecule has 0 fully saturated rings. The molecule has 1 aromatic carbocycles. The molecule has 0 bridgehead atoms. The summed E-state index contributed by atoms with van der Waals surface area (Å²) < 4.78 is 2.20. The van der Waals surface area contributed by atoms with Gasteiger partial charge < -0.3 is 10.3 Å². The van der Waals surface area contributed by atoms with E-state index < -0.39 is 6.03 Å². The van der Waals surface area contributed by atoms with E-state index in [2.05, 4.69) is 34.8 Å². The van der Waals surface area contributed by atoms with Crippen molar-refractivity contribution in [2.75, 3.05) is 5.75 Å². The van der Waals surface area contributed by atoms with Crippen LogP contribution in [0.1, 0.15) is 26.7 Å². The van der Waals surface area contributed by atoms with Gasteiger partial charge in [-0.05, 0) is 24.5 Å². The number of nitrogens with one attached hydrogen (secondary N) is 1. The Labute approximate surface area is 139 Å². The molecule has 1 aromatic heterocycles. The Morgan fingerprint density at radius 3 is 2.78 bits per heavy atom. The Morgan fingerprint density at radius 1 is 1.35 bits per heavy atom. The minimum atomic E-state index is -0.816. The van der Waals surface area contributed by atoms with Crippen LogP contribution in [0.25, 0.3) is 11.0 Å². The number of aryl methyl sites for hydroxylation is 1. The Kier molecular flexibility index (Phi) is 6.04. The van der Waals surface area contributed by atoms with Crippen molar-refractivity contribution in [3.05, 3.63) is 24.3 Å². The maximum Gasteiger partial charge on any atom is 0.318 e. The third-order valence-corrected chi connectivity index (χ3v) is 4.35. The van der Waals surface area contributed by atoms with Crippen LogP contribution in [0, 0.1) is 5.92 Å². The number of imidazole rings is 1. The van der Waals surface area contributed by atoms with Crippen molar-refractivity contribution in [2.45, 2.75) is 38.4 Å². The van der Waals surface area contributed by atoms with Crippen LogP contribution < -0.4 is 11.1 Å². The fourth-order valence-corrected chi connectivity index (χ4v) is 3.18. The topological polar surface area (TPSA) is 90.0 Å². The minimum absolute atomic E-state index is 0.223. The van der Waals surface area contributed by atoms with E-state index in [0.717, 1.165) is 29.2 Å². The van der Waals surface area contributed by atoms with Gasteiger partial charge in [0.05, 0.1) is 11.0 Å². The molecular weight excluding hydrogens is 312 g/mol. The number of urea groups is 1. The molecule has 0 saturated heterocycles. The number of primary amides is 1. The van der Waals surface area contributed by atoms with Crippen LogP contribution in [-0.2, 0) is 11.3 Å². The molecule has 0 radical (unpaired) electrons. The third-order valence-electron chi connectivity index (χ3n) is 3.37. The first-order valence-electron chi connectivity index (χ1n) is 7.64. The zero-order chi connectivity index (χ0) is 16.8. The molecule has 0 aliphatic carbocycles. The molecule has 6 nitrogen and oxygen atoms in total. The summed E-state index contributed by atoms with van der Waals surface area (Å²) in [5, 5.41) is 2.97. The van der Waals surface area contributed by atoms with E-state index in [0.29, 0.717) is 11.7 Å². The highest BCUT2D eigenvalue weighted by molar-refractivity contribution is 7.99. The van der Waals surface area contributed by atoms with Crippen molar-refractivity contribution < 1.29 is 9.59 Å². The lowest BCUT2D eigenvalue weighted by molar-refractivity contribution is -0.119. The fraction of sp³-hybridized carbons (Fsp3) is 0.438. The van der Waals surface area contributed by atoms with E-state index in [-0.39, 0.29) is 12.3 Å². The first-order chi connectivity index (χ1) is 11.0. The zero-order valence-corrected chi connectivity index (χ0v) is 14.2. The lowest BCUT2D eigenvalue weighted by Crippen LogP contribution is -2.35. The summed E-state index contributed by atoms with van der Waals surface area (Å²) in [5.74, 6) is 0.787. The Balaban J connectivity index is 2.07. The highest BCUT2D eigenvalue weighted by Crippen LogP contribution is 2.25. The van der Waals surface area contributed by atoms with Gasteiger partial charge in [-0.15, -0.1) is 0 Å². The van der Waals surface area contributed by atoms with Crippen LogP contribution in [-0.4, -0.2) is 27.2 Å². The van der Waals surface area contributed by atoms with Crippen molar-refractivity contribution in [3.8, 4) is 0 Å². The predicted molar refractivity (Wildman–Crippen MR) is 92.3 cm³/mol. The van der Waals surface area contributed by atoms with Crippen LogP contribution in [0.4, 0.5) is 4.79 Å². The number of carbonyl (C=O) groups is 2. The molecule has 3 amide bonds. The number of imide groups is 1. The lowest BCUT2D eigenvalue weighted by Gasteiger charge is -2.10. The Morgan fingerprint density at radius 2 is 2.09 bits per heavy atom. The molecule has 0 aliphatic rings. The number of nitrogens with zero attached hydrogens (tertiary/aromatic N) is 2. The lowest BCUT2D eigenvalue weighted by atomic mass is 10.1. The first kappa shape index (κ1) is 17.3. The molecule has 0 saturated carbocycles. The van der Waals surface area contributed by atoms with Gasteiger partial charge in [0.25, 0.3) is 0 Å². The standard InChI is InChI=1S/C16H22N4O2S/c1-11(2)7-9-20-13-6-4-3-5-12(13)18-16(20)23-10-8-14(21)19-15(17)22/h3-6,11H,7-10H2,1-2H3,(H3,17,19,21,22). The third kappa shape index (κ3) is 4.99. The van der Waals surface area contributed by atoms with E-state index in [1.165, 1.54) is 11.8 Å². The average molecular weight is 334 g/mol. The molecule has 0 atom stereocenters. The summed E-state index contributed by atoms with van der Waals surface area (Å²) in [6.45, 7) is 5.29. The molecule has 0 spiro atoms. The number of benzene rings is 1. The van der Waals surface area contributed by atoms with E-state index in [9.17, 15) is 9.59 Å². The van der Waals surface area contributed by atoms with Gasteiger partial charge in [0.2, 0.25) is 5.91 Å². The number of hydrogen-bond donors (Lipinski definition) is 2. The quantitative estimate of drug-likeness (QED) is 0.762. The van der Waals surface area contributed by atoms with Crippen molar-refractivity contribution >= 4 is 34.7 Å². The van der Waals surface area contributed by atoms with Gasteiger partial charge in [0, 0.05) is 18.7 Å². The van der Waals surface area contributed by atoms with E-state index in [1.54, 1.807) is 0 Å². The fourth-order valence-electron chi connectivity index (χ4n) is 2.20. The van der Waals surface area contributed by atoms with Crippen LogP contribution in [0.5, 0.6) is 0 Å². The van der Waals surface area contributed by atoms with Crippen LogP contribution >= 0.6 is 11.8 Å².